The number of carbonyl (C=O) groups excluding carboxylic acids is 1. The molecule has 0 aliphatic heterocycles. The molecule has 0 atom stereocenters. The van der Waals surface area contributed by atoms with Gasteiger partial charge in [0.15, 0.2) is 11.5 Å². The first-order valence-electron chi connectivity index (χ1n) is 6.90. The summed E-state index contributed by atoms with van der Waals surface area (Å²) < 4.78 is 10.9. The Hall–Kier alpha value is -2.53. The molecule has 5 nitrogen and oxygen atoms in total. The van der Waals surface area contributed by atoms with Crippen LogP contribution in [0.4, 0.5) is 0 Å². The van der Waals surface area contributed by atoms with Crippen molar-refractivity contribution < 1.29 is 24.2 Å². The minimum Gasteiger partial charge on any atom is -0.478 e. The van der Waals surface area contributed by atoms with Gasteiger partial charge in [-0.2, -0.15) is 0 Å². The topological polar surface area (TPSA) is 72.8 Å². The summed E-state index contributed by atoms with van der Waals surface area (Å²) in [5, 5.41) is 9.82. The number of esters is 1. The van der Waals surface area contributed by atoms with E-state index in [9.17, 15) is 14.7 Å². The highest BCUT2D eigenvalue weighted by Crippen LogP contribution is 2.35. The molecule has 0 amide bonds. The molecule has 0 fully saturated rings. The highest BCUT2D eigenvalue weighted by Gasteiger charge is 2.21. The van der Waals surface area contributed by atoms with E-state index in [1.54, 1.807) is 38.1 Å². The van der Waals surface area contributed by atoms with Crippen LogP contribution in [0.1, 0.15) is 24.2 Å². The van der Waals surface area contributed by atoms with Gasteiger partial charge in [-0.1, -0.05) is 31.5 Å². The van der Waals surface area contributed by atoms with Crippen molar-refractivity contribution in [2.24, 2.45) is 5.92 Å². The van der Waals surface area contributed by atoms with Gasteiger partial charge >= 0.3 is 11.9 Å². The van der Waals surface area contributed by atoms with Crippen molar-refractivity contribution in [1.82, 2.24) is 0 Å². The number of halogens is 1. The Kier molecular flexibility index (Phi) is 5.24. The van der Waals surface area contributed by atoms with Crippen LogP contribution in [0.5, 0.6) is 17.2 Å². The zero-order chi connectivity index (χ0) is 17.0. The van der Waals surface area contributed by atoms with Gasteiger partial charge in [-0.3, -0.25) is 4.79 Å². The van der Waals surface area contributed by atoms with E-state index in [0.717, 1.165) is 0 Å². The molecule has 120 valence electrons. The number of rotatable bonds is 5. The van der Waals surface area contributed by atoms with Crippen LogP contribution in [-0.4, -0.2) is 17.0 Å². The third kappa shape index (κ3) is 4.23. The van der Waals surface area contributed by atoms with E-state index in [2.05, 4.69) is 0 Å². The maximum absolute atomic E-state index is 11.8. The lowest BCUT2D eigenvalue weighted by molar-refractivity contribution is -0.137. The summed E-state index contributed by atoms with van der Waals surface area (Å²) in [6.07, 6.45) is 0. The Bertz CT molecular complexity index is 722. The number of hydrogen-bond acceptors (Lipinski definition) is 4. The molecular formula is C17H15ClO5. The number of carbonyl (C=O) groups is 2. The van der Waals surface area contributed by atoms with Gasteiger partial charge in [-0.15, -0.1) is 0 Å². The molecule has 1 N–H and O–H groups in total. The van der Waals surface area contributed by atoms with Crippen LogP contribution in [-0.2, 0) is 4.79 Å². The molecule has 2 rings (SSSR count). The van der Waals surface area contributed by atoms with E-state index < -0.39 is 17.9 Å². The first-order chi connectivity index (χ1) is 10.9. The molecule has 0 heterocycles. The van der Waals surface area contributed by atoms with Gasteiger partial charge < -0.3 is 14.6 Å². The summed E-state index contributed by atoms with van der Waals surface area (Å²) in [6.45, 7) is 3.32. The summed E-state index contributed by atoms with van der Waals surface area (Å²) in [7, 11) is 0. The number of hydrogen-bond donors (Lipinski definition) is 1. The minimum absolute atomic E-state index is 0.117. The summed E-state index contributed by atoms with van der Waals surface area (Å²) in [6, 6.07) is 10.9. The fourth-order valence-corrected chi connectivity index (χ4v) is 1.84. The molecule has 0 aliphatic rings. The smallest absolute Gasteiger partial charge is 0.339 e. The standard InChI is InChI=1S/C17H15ClO5/c1-10(2)17(21)23-15-13(16(19)20)4-3-5-14(15)22-12-8-6-11(18)7-9-12/h3-10H,1-2H3,(H,19,20). The van der Waals surface area contributed by atoms with E-state index in [1.807, 2.05) is 0 Å². The van der Waals surface area contributed by atoms with Crippen LogP contribution in [0, 0.1) is 5.92 Å². The van der Waals surface area contributed by atoms with E-state index in [0.29, 0.717) is 10.8 Å². The lowest BCUT2D eigenvalue weighted by atomic mass is 10.1. The summed E-state index contributed by atoms with van der Waals surface area (Å²) in [5.74, 6) is -1.69. The second kappa shape index (κ2) is 7.15. The van der Waals surface area contributed by atoms with Crippen molar-refractivity contribution >= 4 is 23.5 Å². The Labute approximate surface area is 138 Å². The molecule has 23 heavy (non-hydrogen) atoms. The number of carboxylic acid groups (broad SMARTS) is 1. The van der Waals surface area contributed by atoms with Crippen LogP contribution in [0.25, 0.3) is 0 Å². The molecule has 0 aromatic heterocycles. The lowest BCUT2D eigenvalue weighted by Gasteiger charge is -2.14. The molecule has 6 heteroatoms. The fourth-order valence-electron chi connectivity index (χ4n) is 1.72. The summed E-state index contributed by atoms with van der Waals surface area (Å²) in [5.41, 5.74) is -0.148. The first kappa shape index (κ1) is 16.8. The van der Waals surface area contributed by atoms with E-state index >= 15 is 0 Å². The quantitative estimate of drug-likeness (QED) is 0.648. The highest BCUT2D eigenvalue weighted by atomic mass is 35.5. The lowest BCUT2D eigenvalue weighted by Crippen LogP contribution is -2.17. The zero-order valence-electron chi connectivity index (χ0n) is 12.6. The number of aromatic carboxylic acids is 1. The monoisotopic (exact) mass is 334 g/mol. The van der Waals surface area contributed by atoms with Crippen LogP contribution >= 0.6 is 11.6 Å². The third-order valence-electron chi connectivity index (χ3n) is 2.92. The molecular weight excluding hydrogens is 320 g/mol. The second-order valence-electron chi connectivity index (χ2n) is 5.07. The average Bonchev–Trinajstić information content (AvgIpc) is 2.50. The van der Waals surface area contributed by atoms with E-state index in [1.165, 1.54) is 18.2 Å². The Morgan fingerprint density at radius 2 is 1.74 bits per heavy atom. The van der Waals surface area contributed by atoms with Crippen molar-refractivity contribution in [3.8, 4) is 17.2 Å². The van der Waals surface area contributed by atoms with Gasteiger partial charge in [0.25, 0.3) is 0 Å². The maximum Gasteiger partial charge on any atom is 0.339 e. The largest absolute Gasteiger partial charge is 0.478 e. The summed E-state index contributed by atoms with van der Waals surface area (Å²) in [4.78, 5) is 23.2. The Morgan fingerprint density at radius 3 is 2.30 bits per heavy atom. The van der Waals surface area contributed by atoms with Gasteiger partial charge in [0, 0.05) is 5.02 Å². The van der Waals surface area contributed by atoms with Gasteiger partial charge in [-0.25, -0.2) is 4.79 Å². The van der Waals surface area contributed by atoms with Crippen LogP contribution in [0.15, 0.2) is 42.5 Å². The molecule has 2 aromatic rings. The summed E-state index contributed by atoms with van der Waals surface area (Å²) >= 11 is 5.81. The SMILES string of the molecule is CC(C)C(=O)Oc1c(Oc2ccc(Cl)cc2)cccc1C(=O)O. The first-order valence-corrected chi connectivity index (χ1v) is 7.27. The zero-order valence-corrected chi connectivity index (χ0v) is 13.3. The predicted octanol–water partition coefficient (Wildman–Crippen LogP) is 4.39. The third-order valence-corrected chi connectivity index (χ3v) is 3.18. The number of benzene rings is 2. The van der Waals surface area contributed by atoms with Crippen molar-refractivity contribution in [2.75, 3.05) is 0 Å². The number of carboxylic acids is 1. The van der Waals surface area contributed by atoms with Crippen molar-refractivity contribution in [3.05, 3.63) is 53.1 Å². The Balaban J connectivity index is 2.41. The maximum atomic E-state index is 11.8. The molecule has 2 aromatic carbocycles. The van der Waals surface area contributed by atoms with Gasteiger partial charge in [-0.05, 0) is 36.4 Å². The number of para-hydroxylation sites is 1. The van der Waals surface area contributed by atoms with E-state index in [4.69, 9.17) is 21.1 Å². The van der Waals surface area contributed by atoms with Gasteiger partial charge in [0.1, 0.15) is 11.3 Å². The van der Waals surface area contributed by atoms with Crippen LogP contribution in [0.3, 0.4) is 0 Å². The molecule has 0 bridgehead atoms. The van der Waals surface area contributed by atoms with Crippen molar-refractivity contribution in [1.29, 1.82) is 0 Å². The van der Waals surface area contributed by atoms with E-state index in [-0.39, 0.29) is 17.1 Å². The van der Waals surface area contributed by atoms with Crippen LogP contribution in [0.2, 0.25) is 5.02 Å². The highest BCUT2D eigenvalue weighted by molar-refractivity contribution is 6.30. The van der Waals surface area contributed by atoms with Crippen molar-refractivity contribution in [3.63, 3.8) is 0 Å². The Morgan fingerprint density at radius 1 is 1.09 bits per heavy atom. The molecule has 0 spiro atoms. The minimum atomic E-state index is -1.21. The second-order valence-corrected chi connectivity index (χ2v) is 5.51. The fraction of sp³-hybridized carbons (Fsp3) is 0.176. The molecule has 0 unspecified atom stereocenters. The molecule has 0 radical (unpaired) electrons. The predicted molar refractivity (Wildman–Crippen MR) is 85.4 cm³/mol. The molecule has 0 saturated carbocycles. The van der Waals surface area contributed by atoms with Gasteiger partial charge in [0.05, 0.1) is 5.92 Å². The average molecular weight is 335 g/mol. The van der Waals surface area contributed by atoms with Gasteiger partial charge in [0.2, 0.25) is 0 Å². The van der Waals surface area contributed by atoms with Crippen molar-refractivity contribution in [2.45, 2.75) is 13.8 Å². The normalized spacial score (nSPS) is 10.4. The molecule has 0 saturated heterocycles. The molecule has 0 aliphatic carbocycles. The van der Waals surface area contributed by atoms with Crippen LogP contribution < -0.4 is 9.47 Å². The number of ether oxygens (including phenoxy) is 2.